The molecule has 2 nitrogen and oxygen atoms in total. The number of likely N-dealkylation sites (N-methyl/N-ethyl adjacent to an activating group) is 1. The van der Waals surface area contributed by atoms with Gasteiger partial charge >= 0.3 is 0 Å². The first kappa shape index (κ1) is 9.42. The van der Waals surface area contributed by atoms with Crippen molar-refractivity contribution < 1.29 is 4.52 Å². The van der Waals surface area contributed by atoms with Gasteiger partial charge in [-0.1, -0.05) is 30.3 Å². The molecule has 1 aromatic carbocycles. The smallest absolute Gasteiger partial charge is 0.207 e. The molecule has 4 heteroatoms. The van der Waals surface area contributed by atoms with E-state index in [1.165, 1.54) is 5.56 Å². The predicted molar refractivity (Wildman–Crippen MR) is 55.7 cm³/mol. The summed E-state index contributed by atoms with van der Waals surface area (Å²) < 4.78 is 7.67. The van der Waals surface area contributed by atoms with Gasteiger partial charge in [-0.05, 0) is 23.9 Å². The lowest BCUT2D eigenvalue weighted by molar-refractivity contribution is 0.266. The van der Waals surface area contributed by atoms with Crippen LogP contribution >= 0.6 is 18.9 Å². The topological polar surface area (TPSA) is 12.5 Å². The lowest BCUT2D eigenvalue weighted by atomic mass is 10.1. The lowest BCUT2D eigenvalue weighted by Gasteiger charge is -2.07. The quantitative estimate of drug-likeness (QED) is 0.668. The van der Waals surface area contributed by atoms with E-state index in [2.05, 4.69) is 16.8 Å². The van der Waals surface area contributed by atoms with Gasteiger partial charge in [-0.25, -0.2) is 4.67 Å². The van der Waals surface area contributed by atoms with Crippen molar-refractivity contribution >= 4 is 18.9 Å². The van der Waals surface area contributed by atoms with Crippen LogP contribution in [0.4, 0.5) is 0 Å². The maximum Gasteiger partial charge on any atom is 0.207 e. The van der Waals surface area contributed by atoms with Crippen LogP contribution in [0.2, 0.25) is 0 Å². The maximum atomic E-state index is 5.98. The van der Waals surface area contributed by atoms with Gasteiger partial charge in [0.2, 0.25) is 7.65 Å². The third-order valence-corrected chi connectivity index (χ3v) is 4.23. The van der Waals surface area contributed by atoms with Crippen molar-refractivity contribution in [2.24, 2.45) is 0 Å². The summed E-state index contributed by atoms with van der Waals surface area (Å²) in [5, 5.41) is 0. The summed E-state index contributed by atoms with van der Waals surface area (Å²) in [4.78, 5) is 0. The molecule has 1 aromatic rings. The summed E-state index contributed by atoms with van der Waals surface area (Å²) in [7, 11) is 1.10. The minimum absolute atomic E-state index is 0.148. The molecule has 0 spiro atoms. The minimum Gasteiger partial charge on any atom is -0.322 e. The number of benzene rings is 1. The first-order valence-corrected chi connectivity index (χ1v) is 6.28. The zero-order valence-electron chi connectivity index (χ0n) is 7.35. The van der Waals surface area contributed by atoms with Crippen molar-refractivity contribution in [2.45, 2.75) is 6.10 Å². The van der Waals surface area contributed by atoms with Crippen LogP contribution in [0.15, 0.2) is 30.3 Å². The molecule has 1 aliphatic rings. The number of hydrogen-bond donors (Lipinski definition) is 0. The Morgan fingerprint density at radius 2 is 2.15 bits per heavy atom. The standard InChI is InChI=1S/C9H11ClNOP/c1-11-7-9(12-13(11)10)8-5-3-2-4-6-8/h2-6,9H,7H2,1H3. The maximum absolute atomic E-state index is 5.98. The molecule has 1 fully saturated rings. The summed E-state index contributed by atoms with van der Waals surface area (Å²) >= 11 is 5.98. The van der Waals surface area contributed by atoms with Crippen LogP contribution in [0.5, 0.6) is 0 Å². The van der Waals surface area contributed by atoms with Gasteiger partial charge in [-0.15, -0.1) is 0 Å². The Kier molecular flexibility index (Phi) is 2.85. The van der Waals surface area contributed by atoms with Crippen LogP contribution in [-0.2, 0) is 4.52 Å². The highest BCUT2D eigenvalue weighted by Crippen LogP contribution is 2.55. The summed E-state index contributed by atoms with van der Waals surface area (Å²) in [6.45, 7) is 0.888. The van der Waals surface area contributed by atoms with Crippen LogP contribution in [0, 0.1) is 0 Å². The van der Waals surface area contributed by atoms with Crippen LogP contribution in [-0.4, -0.2) is 18.3 Å². The van der Waals surface area contributed by atoms with Gasteiger partial charge < -0.3 is 4.52 Å². The molecule has 1 heterocycles. The van der Waals surface area contributed by atoms with Crippen molar-refractivity contribution in [1.29, 1.82) is 0 Å². The van der Waals surface area contributed by atoms with Crippen molar-refractivity contribution in [2.75, 3.05) is 13.6 Å². The SMILES string of the molecule is CN1CC(c2ccccc2)OP1Cl. The number of hydrogen-bond acceptors (Lipinski definition) is 2. The molecule has 2 atom stereocenters. The molecule has 70 valence electrons. The molecule has 13 heavy (non-hydrogen) atoms. The highest BCUT2D eigenvalue weighted by molar-refractivity contribution is 7.78. The second kappa shape index (κ2) is 3.93. The number of halogens is 1. The molecule has 0 aliphatic carbocycles. The second-order valence-electron chi connectivity index (χ2n) is 3.07. The molecule has 1 saturated heterocycles. The van der Waals surface area contributed by atoms with Crippen molar-refractivity contribution in [3.63, 3.8) is 0 Å². The average molecular weight is 216 g/mol. The molecule has 0 aromatic heterocycles. The Bertz CT molecular complexity index is 272. The van der Waals surface area contributed by atoms with E-state index in [4.69, 9.17) is 15.8 Å². The van der Waals surface area contributed by atoms with Crippen molar-refractivity contribution in [3.05, 3.63) is 35.9 Å². The fraction of sp³-hybridized carbons (Fsp3) is 0.333. The van der Waals surface area contributed by atoms with Gasteiger partial charge in [0.1, 0.15) is 6.10 Å². The Balaban J connectivity index is 2.12. The summed E-state index contributed by atoms with van der Waals surface area (Å²) in [6, 6.07) is 10.2. The van der Waals surface area contributed by atoms with Crippen LogP contribution in [0.25, 0.3) is 0 Å². The van der Waals surface area contributed by atoms with Crippen molar-refractivity contribution in [1.82, 2.24) is 4.67 Å². The van der Waals surface area contributed by atoms with Crippen LogP contribution in [0.3, 0.4) is 0 Å². The fourth-order valence-electron chi connectivity index (χ4n) is 1.36. The Morgan fingerprint density at radius 3 is 2.69 bits per heavy atom. The second-order valence-corrected chi connectivity index (χ2v) is 5.28. The van der Waals surface area contributed by atoms with E-state index < -0.39 is 7.65 Å². The fourth-order valence-corrected chi connectivity index (χ4v) is 2.67. The highest BCUT2D eigenvalue weighted by atomic mass is 35.7. The van der Waals surface area contributed by atoms with Crippen molar-refractivity contribution in [3.8, 4) is 0 Å². The Morgan fingerprint density at radius 1 is 1.46 bits per heavy atom. The van der Waals surface area contributed by atoms with Crippen LogP contribution < -0.4 is 0 Å². The van der Waals surface area contributed by atoms with Gasteiger partial charge in [0, 0.05) is 6.54 Å². The van der Waals surface area contributed by atoms with Gasteiger partial charge in [0.05, 0.1) is 0 Å². The van der Waals surface area contributed by atoms with Gasteiger partial charge in [-0.3, -0.25) is 0 Å². The zero-order valence-corrected chi connectivity index (χ0v) is 9.00. The third kappa shape index (κ3) is 2.03. The first-order valence-electron chi connectivity index (χ1n) is 4.16. The van der Waals surface area contributed by atoms with E-state index in [0.29, 0.717) is 0 Å². The molecule has 2 rings (SSSR count). The van der Waals surface area contributed by atoms with E-state index in [1.54, 1.807) is 0 Å². The Labute approximate surface area is 84.1 Å². The van der Waals surface area contributed by atoms with E-state index in [1.807, 2.05) is 25.2 Å². The summed E-state index contributed by atoms with van der Waals surface area (Å²) in [5.41, 5.74) is 1.21. The monoisotopic (exact) mass is 215 g/mol. The van der Waals surface area contributed by atoms with E-state index in [-0.39, 0.29) is 6.10 Å². The summed E-state index contributed by atoms with van der Waals surface area (Å²) in [6.07, 6.45) is 0.148. The molecule has 0 radical (unpaired) electrons. The van der Waals surface area contributed by atoms with Gasteiger partial charge in [0.15, 0.2) is 0 Å². The molecule has 1 aliphatic heterocycles. The number of rotatable bonds is 1. The molecular weight excluding hydrogens is 205 g/mol. The zero-order chi connectivity index (χ0) is 9.26. The van der Waals surface area contributed by atoms with Gasteiger partial charge in [-0.2, -0.15) is 0 Å². The normalized spacial score (nSPS) is 29.4. The third-order valence-electron chi connectivity index (χ3n) is 2.08. The molecule has 0 saturated carbocycles. The van der Waals surface area contributed by atoms with E-state index in [0.717, 1.165) is 6.54 Å². The highest BCUT2D eigenvalue weighted by Gasteiger charge is 2.30. The molecule has 0 N–H and O–H groups in total. The predicted octanol–water partition coefficient (Wildman–Crippen LogP) is 3.16. The molecule has 0 amide bonds. The Hall–Kier alpha value is -0.140. The lowest BCUT2D eigenvalue weighted by Crippen LogP contribution is -2.08. The first-order chi connectivity index (χ1) is 6.27. The average Bonchev–Trinajstić information content (AvgIpc) is 2.49. The summed E-state index contributed by atoms with van der Waals surface area (Å²) in [5.74, 6) is 0. The largest absolute Gasteiger partial charge is 0.322 e. The molecule has 0 bridgehead atoms. The van der Waals surface area contributed by atoms with Crippen LogP contribution in [0.1, 0.15) is 11.7 Å². The molecule has 2 unspecified atom stereocenters. The number of nitrogens with zero attached hydrogens (tertiary/aromatic N) is 1. The molecular formula is C9H11ClNOP. The van der Waals surface area contributed by atoms with E-state index in [9.17, 15) is 0 Å². The van der Waals surface area contributed by atoms with Gasteiger partial charge in [0.25, 0.3) is 0 Å². The minimum atomic E-state index is -0.884. The van der Waals surface area contributed by atoms with E-state index >= 15 is 0 Å².